The molecule has 1 aromatic carbocycles. The Hall–Kier alpha value is -1.59. The van der Waals surface area contributed by atoms with Gasteiger partial charge in [-0.1, -0.05) is 12.1 Å². The second-order valence-electron chi connectivity index (χ2n) is 2.82. The summed E-state index contributed by atoms with van der Waals surface area (Å²) < 4.78 is 9.70. The van der Waals surface area contributed by atoms with E-state index in [0.717, 1.165) is 5.56 Å². The molecule has 0 heterocycles. The lowest BCUT2D eigenvalue weighted by molar-refractivity contribution is -0.253. The lowest BCUT2D eigenvalue weighted by Crippen LogP contribution is -2.06. The SMILES string of the molecule is CC(=O)OCOc1ccc(COO)cc1. The number of hydrogen-bond donors (Lipinski definition) is 1. The van der Waals surface area contributed by atoms with Crippen LogP contribution in [0.15, 0.2) is 24.3 Å². The standard InChI is InChI=1S/C10H12O5/c1-8(11)13-7-14-10-4-2-9(3-5-10)6-15-12/h2-5,12H,6-7H2,1H3. The molecule has 0 aliphatic rings. The Labute approximate surface area is 87.1 Å². The molecule has 0 atom stereocenters. The second kappa shape index (κ2) is 6.00. The highest BCUT2D eigenvalue weighted by atomic mass is 17.1. The van der Waals surface area contributed by atoms with Crippen LogP contribution < -0.4 is 4.74 Å². The Morgan fingerprint density at radius 2 is 2.00 bits per heavy atom. The quantitative estimate of drug-likeness (QED) is 0.347. The maximum atomic E-state index is 10.4. The van der Waals surface area contributed by atoms with Gasteiger partial charge in [-0.3, -0.25) is 10.1 Å². The number of benzene rings is 1. The van der Waals surface area contributed by atoms with Crippen LogP contribution in [0.25, 0.3) is 0 Å². The van der Waals surface area contributed by atoms with Crippen molar-refractivity contribution in [2.45, 2.75) is 13.5 Å². The summed E-state index contributed by atoms with van der Waals surface area (Å²) in [5.41, 5.74) is 0.817. The van der Waals surface area contributed by atoms with E-state index >= 15 is 0 Å². The van der Waals surface area contributed by atoms with Crippen molar-refractivity contribution >= 4 is 5.97 Å². The molecule has 15 heavy (non-hydrogen) atoms. The van der Waals surface area contributed by atoms with E-state index in [1.165, 1.54) is 6.92 Å². The Balaban J connectivity index is 2.39. The fraction of sp³-hybridized carbons (Fsp3) is 0.300. The normalized spacial score (nSPS) is 9.73. The molecule has 0 aliphatic heterocycles. The third kappa shape index (κ3) is 4.44. The van der Waals surface area contributed by atoms with Crippen LogP contribution in [0.3, 0.4) is 0 Å². The maximum absolute atomic E-state index is 10.4. The fourth-order valence-corrected chi connectivity index (χ4v) is 0.937. The van der Waals surface area contributed by atoms with E-state index in [1.54, 1.807) is 24.3 Å². The lowest BCUT2D eigenvalue weighted by Gasteiger charge is -2.06. The van der Waals surface area contributed by atoms with E-state index in [1.807, 2.05) is 0 Å². The Bertz CT molecular complexity index is 306. The van der Waals surface area contributed by atoms with Crippen LogP contribution in [0.1, 0.15) is 12.5 Å². The van der Waals surface area contributed by atoms with Crippen molar-refractivity contribution in [2.75, 3.05) is 6.79 Å². The van der Waals surface area contributed by atoms with Gasteiger partial charge in [0.25, 0.3) is 0 Å². The maximum Gasteiger partial charge on any atom is 0.305 e. The first-order valence-electron chi connectivity index (χ1n) is 4.34. The van der Waals surface area contributed by atoms with Gasteiger partial charge in [0.2, 0.25) is 6.79 Å². The zero-order valence-electron chi connectivity index (χ0n) is 8.30. The predicted molar refractivity (Wildman–Crippen MR) is 51.1 cm³/mol. The summed E-state index contributed by atoms with van der Waals surface area (Å²) in [5.74, 6) is 0.193. The van der Waals surface area contributed by atoms with E-state index in [0.29, 0.717) is 5.75 Å². The van der Waals surface area contributed by atoms with Crippen LogP contribution in [0.4, 0.5) is 0 Å². The average Bonchev–Trinajstić information content (AvgIpc) is 2.20. The molecule has 0 spiro atoms. The number of rotatable bonds is 5. The molecule has 0 bridgehead atoms. The first-order chi connectivity index (χ1) is 7.22. The Kier molecular flexibility index (Phi) is 4.59. The molecular weight excluding hydrogens is 200 g/mol. The lowest BCUT2D eigenvalue weighted by atomic mass is 10.2. The van der Waals surface area contributed by atoms with Crippen LogP contribution in [-0.4, -0.2) is 18.0 Å². The molecule has 1 aromatic rings. The van der Waals surface area contributed by atoms with Crippen LogP contribution in [0.5, 0.6) is 5.75 Å². The number of hydrogen-bond acceptors (Lipinski definition) is 5. The van der Waals surface area contributed by atoms with Crippen molar-refractivity contribution in [3.63, 3.8) is 0 Å². The van der Waals surface area contributed by atoms with Crippen LogP contribution >= 0.6 is 0 Å². The molecule has 0 radical (unpaired) electrons. The highest BCUT2D eigenvalue weighted by molar-refractivity contribution is 5.65. The van der Waals surface area contributed by atoms with E-state index < -0.39 is 0 Å². The van der Waals surface area contributed by atoms with Crippen LogP contribution in [0.2, 0.25) is 0 Å². The van der Waals surface area contributed by atoms with Crippen molar-refractivity contribution in [3.05, 3.63) is 29.8 Å². The smallest absolute Gasteiger partial charge is 0.305 e. The number of carbonyl (C=O) groups excluding carboxylic acids is 1. The Morgan fingerprint density at radius 1 is 1.33 bits per heavy atom. The first-order valence-corrected chi connectivity index (χ1v) is 4.34. The molecule has 0 saturated carbocycles. The molecule has 5 heteroatoms. The minimum atomic E-state index is -0.389. The van der Waals surface area contributed by atoms with Gasteiger partial charge in [-0.05, 0) is 17.7 Å². The van der Waals surface area contributed by atoms with Gasteiger partial charge in [-0.25, -0.2) is 4.89 Å². The summed E-state index contributed by atoms with van der Waals surface area (Å²) in [6, 6.07) is 6.86. The molecule has 1 N–H and O–H groups in total. The molecule has 0 aromatic heterocycles. The summed E-state index contributed by atoms with van der Waals surface area (Å²) in [6.45, 7) is 1.33. The van der Waals surface area contributed by atoms with E-state index in [4.69, 9.17) is 9.99 Å². The van der Waals surface area contributed by atoms with Gasteiger partial charge in [0.05, 0.1) is 0 Å². The third-order valence-corrected chi connectivity index (χ3v) is 1.64. The second-order valence-corrected chi connectivity index (χ2v) is 2.82. The molecule has 0 fully saturated rings. The van der Waals surface area contributed by atoms with Crippen molar-refractivity contribution in [3.8, 4) is 5.75 Å². The van der Waals surface area contributed by atoms with Crippen LogP contribution in [-0.2, 0) is 21.0 Å². The van der Waals surface area contributed by atoms with Crippen molar-refractivity contribution in [2.24, 2.45) is 0 Å². The zero-order valence-corrected chi connectivity index (χ0v) is 8.30. The average molecular weight is 212 g/mol. The molecule has 0 aliphatic carbocycles. The topological polar surface area (TPSA) is 65.0 Å². The van der Waals surface area contributed by atoms with E-state index in [-0.39, 0.29) is 19.4 Å². The third-order valence-electron chi connectivity index (χ3n) is 1.64. The predicted octanol–water partition coefficient (Wildman–Crippen LogP) is 1.58. The molecule has 1 rings (SSSR count). The monoisotopic (exact) mass is 212 g/mol. The van der Waals surface area contributed by atoms with Crippen molar-refractivity contribution < 1.29 is 24.4 Å². The fourth-order valence-electron chi connectivity index (χ4n) is 0.937. The Morgan fingerprint density at radius 3 is 2.53 bits per heavy atom. The van der Waals surface area contributed by atoms with Gasteiger partial charge in [-0.15, -0.1) is 0 Å². The van der Waals surface area contributed by atoms with Crippen molar-refractivity contribution in [1.29, 1.82) is 0 Å². The summed E-state index contributed by atoms with van der Waals surface area (Å²) in [5, 5.41) is 8.20. The minimum Gasteiger partial charge on any atom is -0.457 e. The first kappa shape index (κ1) is 11.5. The molecule has 0 unspecified atom stereocenters. The highest BCUT2D eigenvalue weighted by Gasteiger charge is 1.97. The highest BCUT2D eigenvalue weighted by Crippen LogP contribution is 2.12. The summed E-state index contributed by atoms with van der Waals surface area (Å²) in [7, 11) is 0. The molecular formula is C10H12O5. The molecule has 5 nitrogen and oxygen atoms in total. The van der Waals surface area contributed by atoms with E-state index in [2.05, 4.69) is 9.62 Å². The molecule has 0 amide bonds. The number of ether oxygens (including phenoxy) is 2. The molecule has 0 saturated heterocycles. The largest absolute Gasteiger partial charge is 0.457 e. The van der Waals surface area contributed by atoms with Gasteiger partial charge in [0.15, 0.2) is 0 Å². The molecule has 82 valence electrons. The number of carbonyl (C=O) groups is 1. The summed E-state index contributed by atoms with van der Waals surface area (Å²) in [4.78, 5) is 14.4. The van der Waals surface area contributed by atoms with Gasteiger partial charge in [0, 0.05) is 6.92 Å². The van der Waals surface area contributed by atoms with Gasteiger partial charge in [-0.2, -0.15) is 0 Å². The van der Waals surface area contributed by atoms with Crippen molar-refractivity contribution in [1.82, 2.24) is 0 Å². The minimum absolute atomic E-state index is 0.106. The van der Waals surface area contributed by atoms with Gasteiger partial charge < -0.3 is 9.47 Å². The van der Waals surface area contributed by atoms with Crippen LogP contribution in [0, 0.1) is 0 Å². The zero-order chi connectivity index (χ0) is 11.1. The summed E-state index contributed by atoms with van der Waals surface area (Å²) in [6.07, 6.45) is 0. The van der Waals surface area contributed by atoms with E-state index in [9.17, 15) is 4.79 Å². The number of esters is 1. The van der Waals surface area contributed by atoms with Gasteiger partial charge in [0.1, 0.15) is 12.4 Å². The van der Waals surface area contributed by atoms with Gasteiger partial charge >= 0.3 is 5.97 Å². The summed E-state index contributed by atoms with van der Waals surface area (Å²) >= 11 is 0.